The minimum absolute atomic E-state index is 0.116. The zero-order valence-corrected chi connectivity index (χ0v) is 20.8. The van der Waals surface area contributed by atoms with Crippen molar-refractivity contribution in [1.29, 1.82) is 0 Å². The van der Waals surface area contributed by atoms with Gasteiger partial charge in [-0.1, -0.05) is 36.4 Å². The van der Waals surface area contributed by atoms with E-state index in [1.165, 1.54) is 39.8 Å². The molecule has 4 aromatic rings. The van der Waals surface area contributed by atoms with Gasteiger partial charge in [-0.2, -0.15) is 0 Å². The molecule has 0 aliphatic carbocycles. The zero-order chi connectivity index (χ0) is 23.4. The van der Waals surface area contributed by atoms with E-state index in [1.807, 2.05) is 17.5 Å². The molecule has 4 rings (SSSR count). The van der Waals surface area contributed by atoms with Crippen LogP contribution in [0.5, 0.6) is 0 Å². The molecule has 170 valence electrons. The minimum Gasteiger partial charge on any atom is -0.302 e. The second-order valence-electron chi connectivity index (χ2n) is 7.84. The molecule has 3 heterocycles. The molecule has 1 aromatic carbocycles. The molecule has 9 heteroatoms. The fourth-order valence-corrected chi connectivity index (χ4v) is 5.33. The van der Waals surface area contributed by atoms with E-state index in [1.54, 1.807) is 12.4 Å². The molecule has 3 aromatic heterocycles. The molecule has 0 saturated heterocycles. The number of aromatic nitrogens is 5. The highest BCUT2D eigenvalue weighted by Gasteiger charge is 2.16. The molecule has 0 fully saturated rings. The summed E-state index contributed by atoms with van der Waals surface area (Å²) in [7, 11) is 0. The second kappa shape index (κ2) is 10.3. The molecule has 0 bridgehead atoms. The third-order valence-corrected chi connectivity index (χ3v) is 6.84. The molecule has 1 N–H and O–H groups in total. The van der Waals surface area contributed by atoms with Gasteiger partial charge in [-0.3, -0.25) is 9.78 Å². The highest BCUT2D eigenvalue weighted by molar-refractivity contribution is 7.99. The van der Waals surface area contributed by atoms with Crippen molar-refractivity contribution < 1.29 is 4.79 Å². The van der Waals surface area contributed by atoms with Crippen LogP contribution in [0.2, 0.25) is 0 Å². The Morgan fingerprint density at radius 2 is 1.85 bits per heavy atom. The lowest BCUT2D eigenvalue weighted by atomic mass is 9.98. The van der Waals surface area contributed by atoms with Crippen molar-refractivity contribution in [3.8, 4) is 22.6 Å². The van der Waals surface area contributed by atoms with Crippen LogP contribution < -0.4 is 5.32 Å². The normalized spacial score (nSPS) is 11.0. The van der Waals surface area contributed by atoms with E-state index in [-0.39, 0.29) is 11.7 Å². The van der Waals surface area contributed by atoms with E-state index in [2.05, 4.69) is 69.9 Å². The smallest absolute Gasteiger partial charge is 0.236 e. The van der Waals surface area contributed by atoms with Gasteiger partial charge in [0.2, 0.25) is 5.91 Å². The highest BCUT2D eigenvalue weighted by atomic mass is 32.2. The van der Waals surface area contributed by atoms with Gasteiger partial charge in [0.15, 0.2) is 16.1 Å². The van der Waals surface area contributed by atoms with E-state index in [4.69, 9.17) is 0 Å². The number of rotatable bonds is 8. The average Bonchev–Trinajstić information content (AvgIpc) is 3.39. The summed E-state index contributed by atoms with van der Waals surface area (Å²) in [4.78, 5) is 21.3. The Hall–Kier alpha value is -3.04. The van der Waals surface area contributed by atoms with E-state index in [0.717, 1.165) is 40.8 Å². The summed E-state index contributed by atoms with van der Waals surface area (Å²) in [5.41, 5.74) is 6.58. The number of aryl methyl sites for hydroxylation is 3. The molecule has 0 unspecified atom stereocenters. The highest BCUT2D eigenvalue weighted by Crippen LogP contribution is 2.31. The Morgan fingerprint density at radius 1 is 1.12 bits per heavy atom. The number of carbonyl (C=O) groups excluding carboxylic acids is 1. The van der Waals surface area contributed by atoms with Gasteiger partial charge in [0.25, 0.3) is 0 Å². The first-order valence-corrected chi connectivity index (χ1v) is 12.6. The van der Waals surface area contributed by atoms with E-state index in [9.17, 15) is 4.79 Å². The third kappa shape index (κ3) is 5.31. The van der Waals surface area contributed by atoms with Gasteiger partial charge in [-0.25, -0.2) is 4.98 Å². The lowest BCUT2D eigenvalue weighted by Crippen LogP contribution is -2.14. The van der Waals surface area contributed by atoms with Gasteiger partial charge in [-0.05, 0) is 50.5 Å². The van der Waals surface area contributed by atoms with Gasteiger partial charge in [0.05, 0.1) is 11.4 Å². The van der Waals surface area contributed by atoms with Gasteiger partial charge >= 0.3 is 0 Å². The molecule has 0 atom stereocenters. The molecule has 33 heavy (non-hydrogen) atoms. The van der Waals surface area contributed by atoms with Crippen molar-refractivity contribution in [3.63, 3.8) is 0 Å². The number of thioether (sulfide) groups is 1. The number of amides is 1. The lowest BCUT2D eigenvalue weighted by molar-refractivity contribution is -0.113. The lowest BCUT2D eigenvalue weighted by Gasteiger charge is -2.09. The Bertz CT molecular complexity index is 1240. The molecule has 7 nitrogen and oxygen atoms in total. The van der Waals surface area contributed by atoms with Crippen LogP contribution in [0.25, 0.3) is 22.6 Å². The Kier molecular flexibility index (Phi) is 7.20. The quantitative estimate of drug-likeness (QED) is 0.335. The van der Waals surface area contributed by atoms with Gasteiger partial charge in [-0.15, -0.1) is 21.5 Å². The van der Waals surface area contributed by atoms with Crippen LogP contribution in [0, 0.1) is 20.8 Å². The maximum atomic E-state index is 12.6. The van der Waals surface area contributed by atoms with Crippen LogP contribution >= 0.6 is 23.1 Å². The third-order valence-electron chi connectivity index (χ3n) is 5.12. The van der Waals surface area contributed by atoms with Gasteiger partial charge < -0.3 is 9.88 Å². The maximum Gasteiger partial charge on any atom is 0.236 e. The van der Waals surface area contributed by atoms with Crippen LogP contribution in [0.4, 0.5) is 5.13 Å². The molecule has 1 amide bonds. The average molecular weight is 479 g/mol. The molecule has 0 spiro atoms. The fraction of sp³-hybridized carbons (Fsp3) is 0.292. The first-order chi connectivity index (χ1) is 16.0. The van der Waals surface area contributed by atoms with E-state index in [0.29, 0.717) is 5.13 Å². The summed E-state index contributed by atoms with van der Waals surface area (Å²) in [5.74, 6) is 0.903. The number of thiazole rings is 1. The number of nitrogens with zero attached hydrogens (tertiary/aromatic N) is 5. The maximum absolute atomic E-state index is 12.6. The van der Waals surface area contributed by atoms with E-state index < -0.39 is 0 Å². The molecular formula is C24H26N6OS2. The van der Waals surface area contributed by atoms with Crippen molar-refractivity contribution in [2.45, 2.75) is 45.8 Å². The number of anilines is 1. The van der Waals surface area contributed by atoms with Gasteiger partial charge in [0.1, 0.15) is 0 Å². The number of hydrogen-bond donors (Lipinski definition) is 1. The Morgan fingerprint density at radius 3 is 2.55 bits per heavy atom. The second-order valence-corrected chi connectivity index (χ2v) is 9.64. The minimum atomic E-state index is -0.116. The van der Waals surface area contributed by atoms with Crippen molar-refractivity contribution in [2.24, 2.45) is 0 Å². The molecule has 0 radical (unpaired) electrons. The van der Waals surface area contributed by atoms with Crippen molar-refractivity contribution in [1.82, 2.24) is 24.7 Å². The number of hydrogen-bond acceptors (Lipinski definition) is 7. The Labute approximate surface area is 201 Å². The monoisotopic (exact) mass is 478 g/mol. The summed E-state index contributed by atoms with van der Waals surface area (Å²) < 4.78 is 2.05. The standard InChI is InChI=1S/C24H26N6OS2/c1-5-10-30-22(18-6-8-25-9-7-18)28-29-24(30)33-14-20(31)27-23-26-19(13-32-23)21-16(3)11-15(2)12-17(21)4/h6-9,11-13H,5,10,14H2,1-4H3,(H,26,27,31). The van der Waals surface area contributed by atoms with Crippen molar-refractivity contribution in [3.05, 3.63) is 58.7 Å². The predicted molar refractivity (Wildman–Crippen MR) is 135 cm³/mol. The summed E-state index contributed by atoms with van der Waals surface area (Å²) in [6.45, 7) is 9.16. The molecule has 0 aliphatic heterocycles. The summed E-state index contributed by atoms with van der Waals surface area (Å²) in [5, 5.41) is 14.9. The summed E-state index contributed by atoms with van der Waals surface area (Å²) in [6.07, 6.45) is 4.42. The number of carbonyl (C=O) groups is 1. The van der Waals surface area contributed by atoms with Crippen molar-refractivity contribution in [2.75, 3.05) is 11.1 Å². The van der Waals surface area contributed by atoms with Crippen LogP contribution in [-0.4, -0.2) is 36.4 Å². The van der Waals surface area contributed by atoms with Crippen LogP contribution in [0.3, 0.4) is 0 Å². The van der Waals surface area contributed by atoms with E-state index >= 15 is 0 Å². The number of nitrogens with one attached hydrogen (secondary N) is 1. The molecule has 0 aliphatic rings. The Balaban J connectivity index is 1.43. The summed E-state index contributed by atoms with van der Waals surface area (Å²) >= 11 is 2.82. The van der Waals surface area contributed by atoms with Crippen LogP contribution in [0.1, 0.15) is 30.0 Å². The molecule has 0 saturated carbocycles. The first kappa shape index (κ1) is 23.1. The molecular weight excluding hydrogens is 452 g/mol. The number of pyridine rings is 1. The zero-order valence-electron chi connectivity index (χ0n) is 19.1. The predicted octanol–water partition coefficient (Wildman–Crippen LogP) is 5.53. The van der Waals surface area contributed by atoms with Crippen LogP contribution in [0.15, 0.2) is 47.2 Å². The van der Waals surface area contributed by atoms with Crippen molar-refractivity contribution >= 4 is 34.1 Å². The largest absolute Gasteiger partial charge is 0.302 e. The summed E-state index contributed by atoms with van der Waals surface area (Å²) in [6, 6.07) is 8.14. The topological polar surface area (TPSA) is 85.6 Å². The van der Waals surface area contributed by atoms with Gasteiger partial charge in [0, 0.05) is 35.4 Å². The first-order valence-electron chi connectivity index (χ1n) is 10.8. The fourth-order valence-electron chi connectivity index (χ4n) is 3.85. The SMILES string of the molecule is CCCn1c(SCC(=O)Nc2nc(-c3c(C)cc(C)cc3C)cs2)nnc1-c1ccncc1. The van der Waals surface area contributed by atoms with Crippen LogP contribution in [-0.2, 0) is 11.3 Å². The number of benzene rings is 1.